The van der Waals surface area contributed by atoms with E-state index in [9.17, 15) is 4.79 Å². The lowest BCUT2D eigenvalue weighted by atomic mass is 9.95. The predicted molar refractivity (Wildman–Crippen MR) is 83.4 cm³/mol. The lowest BCUT2D eigenvalue weighted by molar-refractivity contribution is 0.0697. The first-order valence-electron chi connectivity index (χ1n) is 6.92. The summed E-state index contributed by atoms with van der Waals surface area (Å²) < 4.78 is 5.67. The molecule has 3 rings (SSSR count). The van der Waals surface area contributed by atoms with Crippen molar-refractivity contribution >= 4 is 17.7 Å². The summed E-state index contributed by atoms with van der Waals surface area (Å²) in [5.74, 6) is 1.58. The average molecular weight is 300 g/mol. The number of aromatic carboxylic acids is 1. The Kier molecular flexibility index (Phi) is 4.15. The molecule has 0 spiro atoms. The molecule has 1 heterocycles. The Morgan fingerprint density at radius 1 is 1.19 bits per heavy atom. The zero-order chi connectivity index (χ0) is 14.7. The zero-order valence-electron chi connectivity index (χ0n) is 11.5. The number of fused-ring (bicyclic) bond motifs is 1. The number of hydrogen-bond donors (Lipinski definition) is 1. The third-order valence-electron chi connectivity index (χ3n) is 3.64. The molecule has 0 bridgehead atoms. The zero-order valence-corrected chi connectivity index (χ0v) is 12.3. The van der Waals surface area contributed by atoms with Gasteiger partial charge < -0.3 is 9.84 Å². The molecule has 4 heteroatoms. The number of carboxylic acid groups (broad SMARTS) is 1. The van der Waals surface area contributed by atoms with E-state index in [1.807, 2.05) is 30.3 Å². The molecule has 1 atom stereocenters. The molecule has 21 heavy (non-hydrogen) atoms. The fraction of sp³-hybridized carbons (Fsp3) is 0.235. The molecule has 0 aliphatic carbocycles. The van der Waals surface area contributed by atoms with E-state index >= 15 is 0 Å². The van der Waals surface area contributed by atoms with Crippen LogP contribution in [0, 0.1) is 0 Å². The molecule has 0 saturated heterocycles. The Morgan fingerprint density at radius 3 is 2.71 bits per heavy atom. The van der Waals surface area contributed by atoms with E-state index in [1.165, 1.54) is 5.56 Å². The van der Waals surface area contributed by atoms with E-state index in [0.29, 0.717) is 11.5 Å². The molecule has 1 unspecified atom stereocenters. The summed E-state index contributed by atoms with van der Waals surface area (Å²) in [6.45, 7) is 0.764. The quantitative estimate of drug-likeness (QED) is 0.866. The van der Waals surface area contributed by atoms with E-state index < -0.39 is 5.97 Å². The molecular weight excluding hydrogens is 284 g/mol. The topological polar surface area (TPSA) is 46.5 Å². The van der Waals surface area contributed by atoms with Crippen LogP contribution in [0.5, 0.6) is 5.75 Å². The summed E-state index contributed by atoms with van der Waals surface area (Å²) in [5.41, 5.74) is 1.61. The van der Waals surface area contributed by atoms with Gasteiger partial charge in [-0.15, -0.1) is 11.8 Å². The molecule has 0 saturated carbocycles. The van der Waals surface area contributed by atoms with E-state index in [0.717, 1.165) is 29.4 Å². The maximum atomic E-state index is 10.8. The van der Waals surface area contributed by atoms with Gasteiger partial charge in [-0.25, -0.2) is 4.79 Å². The second kappa shape index (κ2) is 6.22. The van der Waals surface area contributed by atoms with Crippen LogP contribution in [0.1, 0.15) is 28.3 Å². The standard InChI is InChI=1S/C17H16O3S/c18-17(19)12-5-7-14(8-6-12)21-11-13-9-10-20-16-4-2-1-3-15(13)16/h1-8,13H,9-11H2,(H,18,19). The van der Waals surface area contributed by atoms with Crippen LogP contribution >= 0.6 is 11.8 Å². The van der Waals surface area contributed by atoms with Crippen molar-refractivity contribution in [2.24, 2.45) is 0 Å². The molecule has 3 nitrogen and oxygen atoms in total. The highest BCUT2D eigenvalue weighted by molar-refractivity contribution is 7.99. The van der Waals surface area contributed by atoms with Gasteiger partial charge in [0.05, 0.1) is 12.2 Å². The molecule has 108 valence electrons. The number of thioether (sulfide) groups is 1. The maximum Gasteiger partial charge on any atom is 0.335 e. The predicted octanol–water partition coefficient (Wildman–Crippen LogP) is 4.04. The number of carboxylic acids is 1. The molecule has 2 aromatic carbocycles. The van der Waals surface area contributed by atoms with Gasteiger partial charge in [-0.05, 0) is 42.3 Å². The van der Waals surface area contributed by atoms with Gasteiger partial charge in [0.1, 0.15) is 5.75 Å². The van der Waals surface area contributed by atoms with Gasteiger partial charge in [0.15, 0.2) is 0 Å². The van der Waals surface area contributed by atoms with Crippen LogP contribution in [0.2, 0.25) is 0 Å². The second-order valence-electron chi connectivity index (χ2n) is 5.01. The largest absolute Gasteiger partial charge is 0.493 e. The Labute approximate surface area is 127 Å². The minimum atomic E-state index is -0.884. The van der Waals surface area contributed by atoms with Crippen molar-refractivity contribution in [3.8, 4) is 5.75 Å². The maximum absolute atomic E-state index is 10.8. The van der Waals surface area contributed by atoms with Crippen LogP contribution in [0.15, 0.2) is 53.4 Å². The first-order chi connectivity index (χ1) is 10.2. The molecule has 2 aromatic rings. The molecule has 0 radical (unpaired) electrons. The summed E-state index contributed by atoms with van der Waals surface area (Å²) >= 11 is 1.76. The van der Waals surface area contributed by atoms with Crippen LogP contribution < -0.4 is 4.74 Å². The first kappa shape index (κ1) is 14.0. The van der Waals surface area contributed by atoms with E-state index in [1.54, 1.807) is 23.9 Å². The van der Waals surface area contributed by atoms with Gasteiger partial charge in [0, 0.05) is 16.6 Å². The summed E-state index contributed by atoms with van der Waals surface area (Å²) in [6.07, 6.45) is 1.03. The fourth-order valence-corrected chi connectivity index (χ4v) is 3.55. The van der Waals surface area contributed by atoms with Gasteiger partial charge in [0.2, 0.25) is 0 Å². The van der Waals surface area contributed by atoms with Crippen LogP contribution in [0.25, 0.3) is 0 Å². The fourth-order valence-electron chi connectivity index (χ4n) is 2.48. The molecular formula is C17H16O3S. The lowest BCUT2D eigenvalue weighted by Gasteiger charge is -2.25. The SMILES string of the molecule is O=C(O)c1ccc(SCC2CCOc3ccccc32)cc1. The third-order valence-corrected chi connectivity index (χ3v) is 4.81. The first-order valence-corrected chi connectivity index (χ1v) is 7.90. The van der Waals surface area contributed by atoms with Crippen molar-refractivity contribution in [2.45, 2.75) is 17.2 Å². The summed E-state index contributed by atoms with van der Waals surface area (Å²) in [5, 5.41) is 8.90. The van der Waals surface area contributed by atoms with Crippen LogP contribution in [0.4, 0.5) is 0 Å². The van der Waals surface area contributed by atoms with Gasteiger partial charge in [-0.3, -0.25) is 0 Å². The normalized spacial score (nSPS) is 16.9. The second-order valence-corrected chi connectivity index (χ2v) is 6.11. The van der Waals surface area contributed by atoms with E-state index in [-0.39, 0.29) is 0 Å². The van der Waals surface area contributed by atoms with Crippen molar-refractivity contribution in [1.29, 1.82) is 0 Å². The number of rotatable bonds is 4. The highest BCUT2D eigenvalue weighted by Gasteiger charge is 2.20. The molecule has 1 aliphatic rings. The number of ether oxygens (including phenoxy) is 1. The Bertz CT molecular complexity index is 637. The Balaban J connectivity index is 1.67. The van der Waals surface area contributed by atoms with E-state index in [2.05, 4.69) is 6.07 Å². The van der Waals surface area contributed by atoms with Gasteiger partial charge in [-0.2, -0.15) is 0 Å². The molecule has 1 N–H and O–H groups in total. The van der Waals surface area contributed by atoms with Crippen LogP contribution in [-0.4, -0.2) is 23.4 Å². The van der Waals surface area contributed by atoms with Crippen LogP contribution in [-0.2, 0) is 0 Å². The minimum Gasteiger partial charge on any atom is -0.493 e. The summed E-state index contributed by atoms with van der Waals surface area (Å²) in [7, 11) is 0. The monoisotopic (exact) mass is 300 g/mol. The molecule has 0 fully saturated rings. The number of benzene rings is 2. The smallest absolute Gasteiger partial charge is 0.335 e. The lowest BCUT2D eigenvalue weighted by Crippen LogP contribution is -2.15. The van der Waals surface area contributed by atoms with E-state index in [4.69, 9.17) is 9.84 Å². The van der Waals surface area contributed by atoms with Gasteiger partial charge in [0.25, 0.3) is 0 Å². The van der Waals surface area contributed by atoms with Gasteiger partial charge >= 0.3 is 5.97 Å². The highest BCUT2D eigenvalue weighted by atomic mass is 32.2. The van der Waals surface area contributed by atoms with Crippen molar-refractivity contribution in [1.82, 2.24) is 0 Å². The average Bonchev–Trinajstić information content (AvgIpc) is 2.53. The van der Waals surface area contributed by atoms with Crippen molar-refractivity contribution in [3.05, 3.63) is 59.7 Å². The summed E-state index contributed by atoms with van der Waals surface area (Å²) in [4.78, 5) is 11.9. The van der Waals surface area contributed by atoms with Crippen molar-refractivity contribution in [3.63, 3.8) is 0 Å². The Hall–Kier alpha value is -1.94. The van der Waals surface area contributed by atoms with Crippen molar-refractivity contribution < 1.29 is 14.6 Å². The number of hydrogen-bond acceptors (Lipinski definition) is 3. The van der Waals surface area contributed by atoms with Crippen molar-refractivity contribution in [2.75, 3.05) is 12.4 Å². The number of para-hydroxylation sites is 1. The van der Waals surface area contributed by atoms with Gasteiger partial charge in [-0.1, -0.05) is 18.2 Å². The minimum absolute atomic E-state index is 0.329. The molecule has 0 aromatic heterocycles. The molecule has 0 amide bonds. The number of carbonyl (C=O) groups is 1. The third kappa shape index (κ3) is 3.22. The Morgan fingerprint density at radius 2 is 1.95 bits per heavy atom. The highest BCUT2D eigenvalue weighted by Crippen LogP contribution is 2.36. The summed E-state index contributed by atoms with van der Waals surface area (Å²) in [6, 6.07) is 15.3. The molecule has 1 aliphatic heterocycles. The van der Waals surface area contributed by atoms with Crippen LogP contribution in [0.3, 0.4) is 0 Å².